The molecule has 1 heterocycles. The van der Waals surface area contributed by atoms with Crippen molar-refractivity contribution in [3.05, 3.63) is 88.1 Å². The van der Waals surface area contributed by atoms with Crippen LogP contribution in [0.5, 0.6) is 0 Å². The van der Waals surface area contributed by atoms with E-state index in [9.17, 15) is 14.9 Å². The number of nitro benzene ring substituents is 1. The highest BCUT2D eigenvalue weighted by molar-refractivity contribution is 6.04. The number of rotatable bonds is 4. The summed E-state index contributed by atoms with van der Waals surface area (Å²) in [6, 6.07) is 17.3. The van der Waals surface area contributed by atoms with Gasteiger partial charge in [0.1, 0.15) is 0 Å². The first-order valence-corrected chi connectivity index (χ1v) is 8.87. The van der Waals surface area contributed by atoms with E-state index in [0.29, 0.717) is 22.5 Å². The number of nitrogens with zero attached hydrogens (tertiary/aromatic N) is 2. The summed E-state index contributed by atoms with van der Waals surface area (Å²) in [4.78, 5) is 27.4. The summed E-state index contributed by atoms with van der Waals surface area (Å²) >= 11 is 0. The summed E-state index contributed by atoms with van der Waals surface area (Å²) in [6.45, 7) is 6.39. The van der Waals surface area contributed by atoms with Gasteiger partial charge in [-0.1, -0.05) is 45.0 Å². The third-order valence-electron chi connectivity index (χ3n) is 4.41. The van der Waals surface area contributed by atoms with E-state index in [1.807, 2.05) is 24.3 Å². The Labute approximate surface area is 163 Å². The van der Waals surface area contributed by atoms with E-state index in [0.717, 1.165) is 0 Å². The second-order valence-electron chi connectivity index (χ2n) is 7.49. The number of para-hydroxylation sites is 1. The standard InChI is InChI=1S/C22H21N3O3/c1-22(2,3)16-9-11-17(12-10-16)24-21(26)15-8-13-19(23-14-15)18-6-4-5-7-20(18)25(27)28/h4-14H,1-3H3,(H,24,26). The third kappa shape index (κ3) is 4.23. The molecule has 142 valence electrons. The van der Waals surface area contributed by atoms with E-state index in [4.69, 9.17) is 0 Å². The minimum absolute atomic E-state index is 0.0221. The average molecular weight is 375 g/mol. The molecule has 0 atom stereocenters. The zero-order valence-corrected chi connectivity index (χ0v) is 16.0. The first-order chi connectivity index (χ1) is 13.3. The van der Waals surface area contributed by atoms with Crippen LogP contribution < -0.4 is 5.32 Å². The molecule has 0 saturated heterocycles. The molecule has 0 unspecified atom stereocenters. The molecule has 0 aliphatic carbocycles. The number of amides is 1. The van der Waals surface area contributed by atoms with Crippen LogP contribution in [0.3, 0.4) is 0 Å². The number of nitro groups is 1. The lowest BCUT2D eigenvalue weighted by molar-refractivity contribution is -0.384. The Morgan fingerprint density at radius 2 is 1.68 bits per heavy atom. The van der Waals surface area contributed by atoms with Gasteiger partial charge in [0.25, 0.3) is 11.6 Å². The number of anilines is 1. The molecule has 3 aromatic rings. The van der Waals surface area contributed by atoms with Crippen LogP contribution in [-0.2, 0) is 5.41 Å². The topological polar surface area (TPSA) is 85.1 Å². The van der Waals surface area contributed by atoms with Crippen molar-refractivity contribution in [1.29, 1.82) is 0 Å². The van der Waals surface area contributed by atoms with Crippen molar-refractivity contribution in [3.63, 3.8) is 0 Å². The molecule has 0 saturated carbocycles. The highest BCUT2D eigenvalue weighted by Crippen LogP contribution is 2.28. The highest BCUT2D eigenvalue weighted by atomic mass is 16.6. The number of hydrogen-bond donors (Lipinski definition) is 1. The van der Waals surface area contributed by atoms with Crippen molar-refractivity contribution < 1.29 is 9.72 Å². The van der Waals surface area contributed by atoms with Crippen LogP contribution in [0.1, 0.15) is 36.7 Å². The summed E-state index contributed by atoms with van der Waals surface area (Å²) in [5.74, 6) is -0.287. The minimum Gasteiger partial charge on any atom is -0.322 e. The number of aromatic nitrogens is 1. The Morgan fingerprint density at radius 1 is 1.00 bits per heavy atom. The fourth-order valence-electron chi connectivity index (χ4n) is 2.79. The lowest BCUT2D eigenvalue weighted by Crippen LogP contribution is -2.13. The monoisotopic (exact) mass is 375 g/mol. The molecule has 0 bridgehead atoms. The normalized spacial score (nSPS) is 11.1. The zero-order valence-electron chi connectivity index (χ0n) is 16.0. The fraction of sp³-hybridized carbons (Fsp3) is 0.182. The van der Waals surface area contributed by atoms with Gasteiger partial charge in [-0.3, -0.25) is 19.9 Å². The largest absolute Gasteiger partial charge is 0.322 e. The number of nitrogens with one attached hydrogen (secondary N) is 1. The Balaban J connectivity index is 1.77. The maximum Gasteiger partial charge on any atom is 0.278 e. The van der Waals surface area contributed by atoms with E-state index >= 15 is 0 Å². The summed E-state index contributed by atoms with van der Waals surface area (Å²) in [5, 5.41) is 14.0. The van der Waals surface area contributed by atoms with Crippen LogP contribution in [0.4, 0.5) is 11.4 Å². The van der Waals surface area contributed by atoms with Gasteiger partial charge in [-0.2, -0.15) is 0 Å². The van der Waals surface area contributed by atoms with E-state index in [-0.39, 0.29) is 17.0 Å². The lowest BCUT2D eigenvalue weighted by atomic mass is 9.87. The second-order valence-corrected chi connectivity index (χ2v) is 7.49. The minimum atomic E-state index is -0.446. The summed E-state index contributed by atoms with van der Waals surface area (Å²) < 4.78 is 0. The van der Waals surface area contributed by atoms with Gasteiger partial charge in [0.05, 0.1) is 21.7 Å². The Bertz CT molecular complexity index is 1000. The Kier molecular flexibility index (Phi) is 5.22. The molecule has 1 aromatic heterocycles. The molecular weight excluding hydrogens is 354 g/mol. The molecule has 0 spiro atoms. The second kappa shape index (κ2) is 7.60. The summed E-state index contributed by atoms with van der Waals surface area (Å²) in [5.41, 5.74) is 3.13. The van der Waals surface area contributed by atoms with Crippen LogP contribution in [0, 0.1) is 10.1 Å². The molecule has 0 aliphatic heterocycles. The van der Waals surface area contributed by atoms with Crippen LogP contribution in [0.25, 0.3) is 11.3 Å². The Hall–Kier alpha value is -3.54. The molecule has 0 aliphatic rings. The van der Waals surface area contributed by atoms with Crippen LogP contribution in [-0.4, -0.2) is 15.8 Å². The number of carbonyl (C=O) groups excluding carboxylic acids is 1. The molecule has 2 aromatic carbocycles. The summed E-state index contributed by atoms with van der Waals surface area (Å²) in [6.07, 6.45) is 1.42. The third-order valence-corrected chi connectivity index (χ3v) is 4.41. The van der Waals surface area contributed by atoms with Gasteiger partial charge in [0.2, 0.25) is 0 Å². The smallest absolute Gasteiger partial charge is 0.278 e. The number of benzene rings is 2. The van der Waals surface area contributed by atoms with Gasteiger partial charge < -0.3 is 5.32 Å². The van der Waals surface area contributed by atoms with Crippen molar-refractivity contribution >= 4 is 17.3 Å². The van der Waals surface area contributed by atoms with Crippen molar-refractivity contribution in [1.82, 2.24) is 4.98 Å². The van der Waals surface area contributed by atoms with Crippen molar-refractivity contribution in [2.45, 2.75) is 26.2 Å². The first kappa shape index (κ1) is 19.2. The van der Waals surface area contributed by atoms with Crippen molar-refractivity contribution in [2.75, 3.05) is 5.32 Å². The predicted molar refractivity (Wildman–Crippen MR) is 109 cm³/mol. The van der Waals surface area contributed by atoms with Crippen molar-refractivity contribution in [3.8, 4) is 11.3 Å². The summed E-state index contributed by atoms with van der Waals surface area (Å²) in [7, 11) is 0. The molecule has 6 nitrogen and oxygen atoms in total. The van der Waals surface area contributed by atoms with E-state index in [2.05, 4.69) is 31.1 Å². The van der Waals surface area contributed by atoms with Gasteiger partial charge in [0, 0.05) is 18.0 Å². The van der Waals surface area contributed by atoms with E-state index in [1.54, 1.807) is 30.3 Å². The van der Waals surface area contributed by atoms with Crippen LogP contribution >= 0.6 is 0 Å². The maximum atomic E-state index is 12.5. The SMILES string of the molecule is CC(C)(C)c1ccc(NC(=O)c2ccc(-c3ccccc3[N+](=O)[O-])nc2)cc1. The Morgan fingerprint density at radius 3 is 2.25 bits per heavy atom. The van der Waals surface area contributed by atoms with Crippen LogP contribution in [0.2, 0.25) is 0 Å². The van der Waals surface area contributed by atoms with Gasteiger partial charge in [0.15, 0.2) is 0 Å². The zero-order chi connectivity index (χ0) is 20.3. The molecule has 1 amide bonds. The number of carbonyl (C=O) groups is 1. The first-order valence-electron chi connectivity index (χ1n) is 8.87. The molecule has 28 heavy (non-hydrogen) atoms. The highest BCUT2D eigenvalue weighted by Gasteiger charge is 2.16. The molecule has 6 heteroatoms. The molecule has 3 rings (SSSR count). The van der Waals surface area contributed by atoms with E-state index < -0.39 is 4.92 Å². The molecule has 0 fully saturated rings. The number of hydrogen-bond acceptors (Lipinski definition) is 4. The fourth-order valence-corrected chi connectivity index (χ4v) is 2.79. The lowest BCUT2D eigenvalue weighted by Gasteiger charge is -2.19. The molecule has 0 radical (unpaired) electrons. The molecular formula is C22H21N3O3. The quantitative estimate of drug-likeness (QED) is 0.501. The van der Waals surface area contributed by atoms with Crippen molar-refractivity contribution in [2.24, 2.45) is 0 Å². The van der Waals surface area contributed by atoms with Crippen LogP contribution in [0.15, 0.2) is 66.9 Å². The average Bonchev–Trinajstić information content (AvgIpc) is 2.68. The van der Waals surface area contributed by atoms with Gasteiger partial charge in [-0.05, 0) is 41.3 Å². The number of pyridine rings is 1. The van der Waals surface area contributed by atoms with Gasteiger partial charge in [-0.25, -0.2) is 0 Å². The van der Waals surface area contributed by atoms with Gasteiger partial charge in [-0.15, -0.1) is 0 Å². The van der Waals surface area contributed by atoms with E-state index in [1.165, 1.54) is 17.8 Å². The molecule has 1 N–H and O–H groups in total. The van der Waals surface area contributed by atoms with Gasteiger partial charge >= 0.3 is 0 Å². The maximum absolute atomic E-state index is 12.5. The predicted octanol–water partition coefficient (Wildman–Crippen LogP) is 5.21.